The fraction of sp³-hybridized carbons (Fsp3) is 0.857. The third-order valence-electron chi connectivity index (χ3n) is 4.60. The highest BCUT2D eigenvalue weighted by molar-refractivity contribution is 5.75. The Bertz CT molecular complexity index is 397. The Morgan fingerprint density at radius 2 is 1.62 bits per heavy atom. The molecule has 2 atom stereocenters. The monoisotopic (exact) mass is 297 g/mol. The van der Waals surface area contributed by atoms with Gasteiger partial charge in [-0.2, -0.15) is 0 Å². The van der Waals surface area contributed by atoms with Crippen LogP contribution in [0.5, 0.6) is 0 Å². The Kier molecular flexibility index (Phi) is 4.30. The zero-order chi connectivity index (χ0) is 14.8. The first-order valence-electron chi connectivity index (χ1n) is 7.75. The zero-order valence-electron chi connectivity index (χ0n) is 12.2. The molecule has 21 heavy (non-hydrogen) atoms. The fourth-order valence-corrected chi connectivity index (χ4v) is 3.39. The van der Waals surface area contributed by atoms with Gasteiger partial charge in [0.15, 0.2) is 0 Å². The summed E-state index contributed by atoms with van der Waals surface area (Å²) in [5.74, 6) is -0.766. The minimum Gasteiger partial charge on any atom is -0.481 e. The number of aliphatic carboxylic acids is 1. The number of hydrogen-bond acceptors (Lipinski definition) is 4. The number of urea groups is 1. The van der Waals surface area contributed by atoms with Gasteiger partial charge in [-0.3, -0.25) is 9.69 Å². The smallest absolute Gasteiger partial charge is 0.320 e. The van der Waals surface area contributed by atoms with Crippen molar-refractivity contribution in [3.63, 3.8) is 0 Å². The number of fused-ring (bicyclic) bond motifs is 2. The molecular formula is C14H23N3O4. The van der Waals surface area contributed by atoms with Crippen LogP contribution in [-0.4, -0.2) is 89.8 Å². The maximum Gasteiger partial charge on any atom is 0.320 e. The van der Waals surface area contributed by atoms with Crippen LogP contribution in [0, 0.1) is 0 Å². The molecule has 0 aromatic heterocycles. The number of nitrogens with zero attached hydrogens (tertiary/aromatic N) is 3. The van der Waals surface area contributed by atoms with Crippen molar-refractivity contribution in [2.75, 3.05) is 45.8 Å². The molecule has 7 heteroatoms. The largest absolute Gasteiger partial charge is 0.481 e. The van der Waals surface area contributed by atoms with E-state index in [2.05, 4.69) is 4.90 Å². The lowest BCUT2D eigenvalue weighted by atomic mass is 10.2. The SMILES string of the molecule is O=C(O)CCN1CCN(C(=O)N2CC3CCC(C2)O3)CC1. The molecule has 3 fully saturated rings. The van der Waals surface area contributed by atoms with Crippen molar-refractivity contribution in [1.29, 1.82) is 0 Å². The van der Waals surface area contributed by atoms with Crippen molar-refractivity contribution >= 4 is 12.0 Å². The number of rotatable bonds is 3. The quantitative estimate of drug-likeness (QED) is 0.797. The molecule has 1 N–H and O–H groups in total. The van der Waals surface area contributed by atoms with E-state index in [1.165, 1.54) is 0 Å². The van der Waals surface area contributed by atoms with Gasteiger partial charge in [-0.25, -0.2) is 4.79 Å². The molecule has 0 saturated carbocycles. The van der Waals surface area contributed by atoms with Crippen LogP contribution in [0.15, 0.2) is 0 Å². The number of piperazine rings is 1. The third-order valence-corrected chi connectivity index (χ3v) is 4.60. The maximum absolute atomic E-state index is 12.5. The molecule has 0 spiro atoms. The van der Waals surface area contributed by atoms with E-state index in [0.717, 1.165) is 25.9 Å². The van der Waals surface area contributed by atoms with Crippen molar-refractivity contribution < 1.29 is 19.4 Å². The van der Waals surface area contributed by atoms with E-state index in [0.29, 0.717) is 32.7 Å². The number of morpholine rings is 1. The lowest BCUT2D eigenvalue weighted by molar-refractivity contribution is -0.137. The molecule has 0 aromatic rings. The van der Waals surface area contributed by atoms with E-state index in [4.69, 9.17) is 9.84 Å². The summed E-state index contributed by atoms with van der Waals surface area (Å²) in [6, 6.07) is 0.119. The molecule has 0 aliphatic carbocycles. The normalized spacial score (nSPS) is 29.7. The van der Waals surface area contributed by atoms with Crippen molar-refractivity contribution in [2.24, 2.45) is 0 Å². The van der Waals surface area contributed by atoms with E-state index in [1.807, 2.05) is 9.80 Å². The summed E-state index contributed by atoms with van der Waals surface area (Å²) in [6.45, 7) is 4.89. The summed E-state index contributed by atoms with van der Waals surface area (Å²) in [5.41, 5.74) is 0. The molecular weight excluding hydrogens is 274 g/mol. The van der Waals surface area contributed by atoms with Crippen molar-refractivity contribution in [1.82, 2.24) is 14.7 Å². The Labute approximate surface area is 124 Å². The van der Waals surface area contributed by atoms with Gasteiger partial charge in [0, 0.05) is 45.8 Å². The molecule has 0 radical (unpaired) electrons. The summed E-state index contributed by atoms with van der Waals surface area (Å²) < 4.78 is 5.76. The molecule has 3 rings (SSSR count). The van der Waals surface area contributed by atoms with Gasteiger partial charge in [0.25, 0.3) is 0 Å². The number of ether oxygens (including phenoxy) is 1. The van der Waals surface area contributed by atoms with Gasteiger partial charge in [-0.05, 0) is 12.8 Å². The maximum atomic E-state index is 12.5. The van der Waals surface area contributed by atoms with Crippen molar-refractivity contribution in [2.45, 2.75) is 31.5 Å². The van der Waals surface area contributed by atoms with Crippen LogP contribution >= 0.6 is 0 Å². The minimum absolute atomic E-state index is 0.119. The molecule has 2 amide bonds. The number of hydrogen-bond donors (Lipinski definition) is 1. The summed E-state index contributed by atoms with van der Waals surface area (Å²) in [7, 11) is 0. The molecule has 7 nitrogen and oxygen atoms in total. The lowest BCUT2D eigenvalue weighted by Crippen LogP contribution is -2.56. The topological polar surface area (TPSA) is 73.3 Å². The van der Waals surface area contributed by atoms with Crippen LogP contribution in [0.25, 0.3) is 0 Å². The average Bonchev–Trinajstić information content (AvgIpc) is 2.83. The average molecular weight is 297 g/mol. The molecule has 2 unspecified atom stereocenters. The first-order valence-corrected chi connectivity index (χ1v) is 7.75. The van der Waals surface area contributed by atoms with Gasteiger partial charge in [-0.15, -0.1) is 0 Å². The Morgan fingerprint density at radius 1 is 1.00 bits per heavy atom. The highest BCUT2D eigenvalue weighted by Gasteiger charge is 2.37. The van der Waals surface area contributed by atoms with Crippen molar-refractivity contribution in [3.8, 4) is 0 Å². The highest BCUT2D eigenvalue weighted by atomic mass is 16.5. The van der Waals surface area contributed by atoms with Gasteiger partial charge in [0.2, 0.25) is 0 Å². The molecule has 118 valence electrons. The highest BCUT2D eigenvalue weighted by Crippen LogP contribution is 2.26. The van der Waals surface area contributed by atoms with E-state index >= 15 is 0 Å². The van der Waals surface area contributed by atoms with Crippen LogP contribution in [0.2, 0.25) is 0 Å². The molecule has 3 aliphatic heterocycles. The number of carboxylic acids is 1. The van der Waals surface area contributed by atoms with E-state index < -0.39 is 5.97 Å². The molecule has 0 aromatic carbocycles. The third kappa shape index (κ3) is 3.47. The number of likely N-dealkylation sites (tertiary alicyclic amines) is 1. The lowest BCUT2D eigenvalue weighted by Gasteiger charge is -2.39. The van der Waals surface area contributed by atoms with Crippen molar-refractivity contribution in [3.05, 3.63) is 0 Å². The Morgan fingerprint density at radius 3 is 2.19 bits per heavy atom. The predicted octanol–water partition coefficient (Wildman–Crippen LogP) is 0.0619. The van der Waals surface area contributed by atoms with Crippen LogP contribution in [0.3, 0.4) is 0 Å². The van der Waals surface area contributed by atoms with Crippen LogP contribution in [-0.2, 0) is 9.53 Å². The Hall–Kier alpha value is -1.34. The van der Waals surface area contributed by atoms with Gasteiger partial charge in [-0.1, -0.05) is 0 Å². The minimum atomic E-state index is -0.766. The molecule has 3 heterocycles. The van der Waals surface area contributed by atoms with Gasteiger partial charge in [0.1, 0.15) is 0 Å². The second kappa shape index (κ2) is 6.19. The first-order chi connectivity index (χ1) is 10.1. The number of carbonyl (C=O) groups is 2. The zero-order valence-corrected chi connectivity index (χ0v) is 12.2. The second-order valence-corrected chi connectivity index (χ2v) is 6.12. The van der Waals surface area contributed by atoms with Crippen LogP contribution < -0.4 is 0 Å². The van der Waals surface area contributed by atoms with E-state index in [-0.39, 0.29) is 24.7 Å². The molecule has 3 aliphatic rings. The van der Waals surface area contributed by atoms with Crippen LogP contribution in [0.1, 0.15) is 19.3 Å². The molecule has 2 bridgehead atoms. The van der Waals surface area contributed by atoms with E-state index in [1.54, 1.807) is 0 Å². The summed E-state index contributed by atoms with van der Waals surface area (Å²) in [5, 5.41) is 8.70. The number of carbonyl (C=O) groups excluding carboxylic acids is 1. The first kappa shape index (κ1) is 14.6. The summed E-state index contributed by atoms with van der Waals surface area (Å²) in [4.78, 5) is 29.0. The van der Waals surface area contributed by atoms with Gasteiger partial charge >= 0.3 is 12.0 Å². The second-order valence-electron chi connectivity index (χ2n) is 6.12. The number of amides is 2. The Balaban J connectivity index is 1.45. The number of carboxylic acid groups (broad SMARTS) is 1. The summed E-state index contributed by atoms with van der Waals surface area (Å²) in [6.07, 6.45) is 2.75. The standard InChI is InChI=1S/C14H23N3O4/c18-13(19)3-4-15-5-7-16(8-6-15)14(20)17-9-11-1-2-12(10-17)21-11/h11-12H,1-10H2,(H,18,19). The van der Waals surface area contributed by atoms with E-state index in [9.17, 15) is 9.59 Å². The fourth-order valence-electron chi connectivity index (χ4n) is 3.39. The van der Waals surface area contributed by atoms with Gasteiger partial charge < -0.3 is 19.6 Å². The molecule has 3 saturated heterocycles. The predicted molar refractivity (Wildman–Crippen MR) is 75.1 cm³/mol. The van der Waals surface area contributed by atoms with Gasteiger partial charge in [0.05, 0.1) is 18.6 Å². The van der Waals surface area contributed by atoms with Crippen LogP contribution in [0.4, 0.5) is 4.79 Å². The summed E-state index contributed by atoms with van der Waals surface area (Å²) >= 11 is 0.